The summed E-state index contributed by atoms with van der Waals surface area (Å²) in [6.07, 6.45) is 3.75. The molecule has 0 radical (unpaired) electrons. The third kappa shape index (κ3) is 1.86. The maximum absolute atomic E-state index is 5.31. The van der Waals surface area contributed by atoms with E-state index < -0.39 is 0 Å². The summed E-state index contributed by atoms with van der Waals surface area (Å²) in [7, 11) is 0. The summed E-state index contributed by atoms with van der Waals surface area (Å²) in [6, 6.07) is 5.84. The first kappa shape index (κ1) is 9.77. The van der Waals surface area contributed by atoms with E-state index in [1.807, 2.05) is 38.1 Å². The van der Waals surface area contributed by atoms with Crippen LogP contribution in [-0.4, -0.2) is 13.0 Å². The van der Waals surface area contributed by atoms with Gasteiger partial charge in [0.15, 0.2) is 11.5 Å². The number of ether oxygens (including phenoxy) is 2. The van der Waals surface area contributed by atoms with E-state index in [2.05, 4.69) is 4.99 Å². The molecule has 0 unspecified atom stereocenters. The Hall–Kier alpha value is -1.77. The minimum atomic E-state index is 0.307. The molecule has 3 heteroatoms. The highest BCUT2D eigenvalue weighted by Crippen LogP contribution is 2.34. The van der Waals surface area contributed by atoms with Crippen molar-refractivity contribution in [3.05, 3.63) is 29.8 Å². The largest absolute Gasteiger partial charge is 0.454 e. The van der Waals surface area contributed by atoms with E-state index in [0.29, 0.717) is 6.79 Å². The van der Waals surface area contributed by atoms with Crippen LogP contribution in [0, 0.1) is 0 Å². The highest BCUT2D eigenvalue weighted by Gasteiger charge is 2.13. The van der Waals surface area contributed by atoms with Gasteiger partial charge in [0.05, 0.1) is 5.70 Å². The summed E-state index contributed by atoms with van der Waals surface area (Å²) < 4.78 is 10.6. The van der Waals surface area contributed by atoms with Gasteiger partial charge in [0.2, 0.25) is 6.79 Å². The van der Waals surface area contributed by atoms with E-state index in [4.69, 9.17) is 9.47 Å². The smallest absolute Gasteiger partial charge is 0.231 e. The van der Waals surface area contributed by atoms with Crippen LogP contribution in [0.3, 0.4) is 0 Å². The Morgan fingerprint density at radius 1 is 1.27 bits per heavy atom. The van der Waals surface area contributed by atoms with Crippen LogP contribution < -0.4 is 9.47 Å². The Labute approximate surface area is 89.0 Å². The Bertz CT molecular complexity index is 422. The molecule has 0 aliphatic carbocycles. The Balaban J connectivity index is 2.37. The molecule has 0 saturated heterocycles. The second-order valence-electron chi connectivity index (χ2n) is 3.13. The van der Waals surface area contributed by atoms with Crippen molar-refractivity contribution in [3.63, 3.8) is 0 Å². The second-order valence-corrected chi connectivity index (χ2v) is 3.13. The first-order valence-corrected chi connectivity index (χ1v) is 4.90. The summed E-state index contributed by atoms with van der Waals surface area (Å²) in [5.41, 5.74) is 1.98. The van der Waals surface area contributed by atoms with E-state index in [-0.39, 0.29) is 0 Å². The van der Waals surface area contributed by atoms with Gasteiger partial charge in [-0.05, 0) is 32.0 Å². The lowest BCUT2D eigenvalue weighted by Crippen LogP contribution is -1.92. The van der Waals surface area contributed by atoms with Gasteiger partial charge < -0.3 is 9.47 Å². The van der Waals surface area contributed by atoms with Gasteiger partial charge in [0, 0.05) is 11.8 Å². The minimum absolute atomic E-state index is 0.307. The van der Waals surface area contributed by atoms with Crippen molar-refractivity contribution in [1.82, 2.24) is 0 Å². The third-order valence-corrected chi connectivity index (χ3v) is 2.21. The molecule has 2 rings (SSSR count). The summed E-state index contributed by atoms with van der Waals surface area (Å²) in [5.74, 6) is 1.59. The SMILES string of the molecule is CC=N/C(=C\C)c1ccc2c(c1)OCO2. The number of hydrogen-bond acceptors (Lipinski definition) is 3. The molecule has 15 heavy (non-hydrogen) atoms. The van der Waals surface area contributed by atoms with Gasteiger partial charge in [-0.2, -0.15) is 0 Å². The fourth-order valence-corrected chi connectivity index (χ4v) is 1.51. The predicted octanol–water partition coefficient (Wildman–Crippen LogP) is 2.87. The van der Waals surface area contributed by atoms with Crippen molar-refractivity contribution in [3.8, 4) is 11.5 Å². The Morgan fingerprint density at radius 2 is 2.07 bits per heavy atom. The number of nitrogens with zero attached hydrogens (tertiary/aromatic N) is 1. The molecule has 0 bridgehead atoms. The molecule has 78 valence electrons. The van der Waals surface area contributed by atoms with E-state index in [1.165, 1.54) is 0 Å². The lowest BCUT2D eigenvalue weighted by atomic mass is 10.1. The fraction of sp³-hybridized carbons (Fsp3) is 0.250. The summed E-state index contributed by atoms with van der Waals surface area (Å²) in [4.78, 5) is 4.28. The van der Waals surface area contributed by atoms with Crippen molar-refractivity contribution in [2.45, 2.75) is 13.8 Å². The van der Waals surface area contributed by atoms with E-state index >= 15 is 0 Å². The van der Waals surface area contributed by atoms with Gasteiger partial charge in [0.1, 0.15) is 0 Å². The topological polar surface area (TPSA) is 30.8 Å². The summed E-state index contributed by atoms with van der Waals surface area (Å²) >= 11 is 0. The molecule has 0 saturated carbocycles. The van der Waals surface area contributed by atoms with Crippen molar-refractivity contribution in [2.24, 2.45) is 4.99 Å². The van der Waals surface area contributed by atoms with Gasteiger partial charge in [-0.1, -0.05) is 6.08 Å². The highest BCUT2D eigenvalue weighted by atomic mass is 16.7. The molecule has 1 aromatic rings. The molecule has 0 amide bonds. The van der Waals surface area contributed by atoms with Crippen LogP contribution in [-0.2, 0) is 0 Å². The molecule has 1 heterocycles. The maximum atomic E-state index is 5.31. The van der Waals surface area contributed by atoms with Crippen molar-refractivity contribution in [1.29, 1.82) is 0 Å². The molecule has 0 fully saturated rings. The van der Waals surface area contributed by atoms with E-state index in [1.54, 1.807) is 6.21 Å². The van der Waals surface area contributed by atoms with E-state index in [0.717, 1.165) is 22.8 Å². The summed E-state index contributed by atoms with van der Waals surface area (Å²) in [5, 5.41) is 0. The average Bonchev–Trinajstić information content (AvgIpc) is 2.72. The molecule has 0 spiro atoms. The number of hydrogen-bond donors (Lipinski definition) is 0. The van der Waals surface area contributed by atoms with Crippen LogP contribution in [0.2, 0.25) is 0 Å². The normalized spacial score (nSPS) is 14.9. The van der Waals surface area contributed by atoms with Crippen LogP contribution in [0.25, 0.3) is 5.70 Å². The maximum Gasteiger partial charge on any atom is 0.231 e. The van der Waals surface area contributed by atoms with Crippen molar-refractivity contribution >= 4 is 11.9 Å². The van der Waals surface area contributed by atoms with Crippen molar-refractivity contribution in [2.75, 3.05) is 6.79 Å². The number of aliphatic imine (C=N–C) groups is 1. The zero-order chi connectivity index (χ0) is 10.7. The van der Waals surface area contributed by atoms with Gasteiger partial charge in [-0.15, -0.1) is 0 Å². The summed E-state index contributed by atoms with van der Waals surface area (Å²) in [6.45, 7) is 4.17. The molecule has 0 N–H and O–H groups in total. The zero-order valence-corrected chi connectivity index (χ0v) is 8.86. The Kier molecular flexibility index (Phi) is 2.72. The third-order valence-electron chi connectivity index (χ3n) is 2.21. The number of fused-ring (bicyclic) bond motifs is 1. The van der Waals surface area contributed by atoms with Gasteiger partial charge >= 0.3 is 0 Å². The Morgan fingerprint density at radius 3 is 2.80 bits per heavy atom. The van der Waals surface area contributed by atoms with Gasteiger partial charge in [-0.25, -0.2) is 0 Å². The van der Waals surface area contributed by atoms with Crippen LogP contribution >= 0.6 is 0 Å². The fourth-order valence-electron chi connectivity index (χ4n) is 1.51. The second kappa shape index (κ2) is 4.17. The minimum Gasteiger partial charge on any atom is -0.454 e. The molecular weight excluding hydrogens is 190 g/mol. The van der Waals surface area contributed by atoms with Crippen LogP contribution in [0.4, 0.5) is 0 Å². The first-order chi connectivity index (χ1) is 7.35. The molecular formula is C12H13NO2. The number of allylic oxidation sites excluding steroid dienone is 1. The molecule has 1 aliphatic heterocycles. The molecule has 3 nitrogen and oxygen atoms in total. The van der Waals surface area contributed by atoms with Crippen LogP contribution in [0.5, 0.6) is 11.5 Å². The highest BCUT2D eigenvalue weighted by molar-refractivity contribution is 5.74. The number of benzene rings is 1. The van der Waals surface area contributed by atoms with Crippen LogP contribution in [0.15, 0.2) is 29.3 Å². The van der Waals surface area contributed by atoms with Gasteiger partial charge in [0.25, 0.3) is 0 Å². The predicted molar refractivity (Wildman–Crippen MR) is 60.4 cm³/mol. The lowest BCUT2D eigenvalue weighted by molar-refractivity contribution is 0.174. The molecule has 0 aromatic heterocycles. The monoisotopic (exact) mass is 203 g/mol. The first-order valence-electron chi connectivity index (χ1n) is 4.90. The number of rotatable bonds is 2. The van der Waals surface area contributed by atoms with Crippen LogP contribution in [0.1, 0.15) is 19.4 Å². The van der Waals surface area contributed by atoms with Crippen molar-refractivity contribution < 1.29 is 9.47 Å². The molecule has 0 atom stereocenters. The van der Waals surface area contributed by atoms with E-state index in [9.17, 15) is 0 Å². The molecule has 1 aliphatic rings. The lowest BCUT2D eigenvalue weighted by Gasteiger charge is -2.02. The standard InChI is InChI=1S/C12H13NO2/c1-3-10(13-4-2)9-5-6-11-12(7-9)15-8-14-11/h3-7H,8H2,1-2H3/b10-3-,13-4?. The zero-order valence-electron chi connectivity index (χ0n) is 8.86. The quantitative estimate of drug-likeness (QED) is 0.692. The van der Waals surface area contributed by atoms with Gasteiger partial charge in [-0.3, -0.25) is 4.99 Å². The average molecular weight is 203 g/mol. The molecule has 1 aromatic carbocycles.